The molecule has 0 heterocycles. The minimum atomic E-state index is -1.02. The van der Waals surface area contributed by atoms with Gasteiger partial charge in [0.05, 0.1) is 28.8 Å². The van der Waals surface area contributed by atoms with Gasteiger partial charge < -0.3 is 4.74 Å². The van der Waals surface area contributed by atoms with Crippen LogP contribution in [0.3, 0.4) is 0 Å². The highest BCUT2D eigenvalue weighted by molar-refractivity contribution is 5.89. The molecule has 0 aliphatic rings. The molecule has 1 rings (SSSR count). The molecule has 0 spiro atoms. The highest BCUT2D eigenvalue weighted by Crippen LogP contribution is 2.25. The van der Waals surface area contributed by atoms with E-state index in [1.165, 1.54) is 0 Å². The first-order valence-corrected chi connectivity index (χ1v) is 5.86. The largest absolute Gasteiger partial charge is 0.449 e. The molecule has 0 atom stereocenters. The summed E-state index contributed by atoms with van der Waals surface area (Å²) in [6, 6.07) is 1.47. The van der Waals surface area contributed by atoms with Gasteiger partial charge in [0, 0.05) is 0 Å². The number of ether oxygens (including phenoxy) is 1. The van der Waals surface area contributed by atoms with Crippen molar-refractivity contribution in [2.24, 2.45) is 0 Å². The second-order valence-electron chi connectivity index (χ2n) is 3.88. The lowest BCUT2D eigenvalue weighted by molar-refractivity contribution is -0.385. The lowest BCUT2D eigenvalue weighted by atomic mass is 10.1. The van der Waals surface area contributed by atoms with E-state index in [-0.39, 0.29) is 24.1 Å². The number of nitro benzene ring substituents is 1. The van der Waals surface area contributed by atoms with Gasteiger partial charge in [0.15, 0.2) is 12.1 Å². The summed E-state index contributed by atoms with van der Waals surface area (Å²) in [6.45, 7) is 2.09. The highest BCUT2D eigenvalue weighted by atomic mass is 19.1. The molecular formula is C12H13FN2O5. The van der Waals surface area contributed by atoms with Crippen molar-refractivity contribution < 1.29 is 23.6 Å². The molecule has 1 aromatic rings. The van der Waals surface area contributed by atoms with E-state index in [4.69, 9.17) is 4.74 Å². The topological polar surface area (TPSA) is 98.5 Å². The number of unbranched alkanes of at least 4 members (excludes halogenated alkanes) is 1. The van der Waals surface area contributed by atoms with Gasteiger partial charge in [0.25, 0.3) is 5.69 Å². The van der Waals surface area contributed by atoms with Crippen LogP contribution in [0.5, 0.6) is 0 Å². The van der Waals surface area contributed by atoms with Crippen LogP contribution < -0.4 is 5.32 Å². The number of amides is 1. The highest BCUT2D eigenvalue weighted by Gasteiger charge is 2.19. The fourth-order valence-corrected chi connectivity index (χ4v) is 1.38. The number of aldehydes is 1. The summed E-state index contributed by atoms with van der Waals surface area (Å²) >= 11 is 0. The van der Waals surface area contributed by atoms with Crippen molar-refractivity contribution >= 4 is 23.8 Å². The van der Waals surface area contributed by atoms with Crippen LogP contribution in [0.2, 0.25) is 0 Å². The van der Waals surface area contributed by atoms with Gasteiger partial charge in [-0.05, 0) is 12.5 Å². The van der Waals surface area contributed by atoms with Crippen LogP contribution in [0.15, 0.2) is 12.1 Å². The molecule has 1 aromatic carbocycles. The second-order valence-corrected chi connectivity index (χ2v) is 3.88. The van der Waals surface area contributed by atoms with E-state index in [2.05, 4.69) is 5.32 Å². The van der Waals surface area contributed by atoms with Crippen LogP contribution in [0.4, 0.5) is 20.6 Å². The molecule has 7 nitrogen and oxygen atoms in total. The third-order valence-corrected chi connectivity index (χ3v) is 2.41. The third-order valence-electron chi connectivity index (χ3n) is 2.41. The van der Waals surface area contributed by atoms with Crippen molar-refractivity contribution in [3.8, 4) is 0 Å². The van der Waals surface area contributed by atoms with Gasteiger partial charge in [0.1, 0.15) is 0 Å². The Morgan fingerprint density at radius 2 is 2.25 bits per heavy atom. The molecule has 108 valence electrons. The van der Waals surface area contributed by atoms with Gasteiger partial charge in [-0.25, -0.2) is 9.18 Å². The van der Waals surface area contributed by atoms with E-state index in [9.17, 15) is 24.1 Å². The van der Waals surface area contributed by atoms with E-state index in [1.807, 2.05) is 6.92 Å². The fraction of sp³-hybridized carbons (Fsp3) is 0.333. The summed E-state index contributed by atoms with van der Waals surface area (Å²) in [5, 5.41) is 12.7. The molecule has 0 radical (unpaired) electrons. The Labute approximate surface area is 113 Å². The van der Waals surface area contributed by atoms with Crippen LogP contribution in [0.25, 0.3) is 0 Å². The Morgan fingerprint density at radius 3 is 2.80 bits per heavy atom. The molecule has 1 amide bonds. The Balaban J connectivity index is 2.88. The molecule has 0 bridgehead atoms. The lowest BCUT2D eigenvalue weighted by Gasteiger charge is -2.08. The van der Waals surface area contributed by atoms with Crippen molar-refractivity contribution in [1.29, 1.82) is 0 Å². The van der Waals surface area contributed by atoms with Gasteiger partial charge in [-0.2, -0.15) is 0 Å². The average molecular weight is 284 g/mol. The second kappa shape index (κ2) is 7.17. The number of carbonyl (C=O) groups excluding carboxylic acids is 2. The quantitative estimate of drug-likeness (QED) is 0.375. The predicted molar refractivity (Wildman–Crippen MR) is 68.3 cm³/mol. The zero-order valence-electron chi connectivity index (χ0n) is 10.7. The minimum absolute atomic E-state index is 0.178. The Kier molecular flexibility index (Phi) is 5.57. The summed E-state index contributed by atoms with van der Waals surface area (Å²) < 4.78 is 18.3. The normalized spacial score (nSPS) is 9.90. The van der Waals surface area contributed by atoms with Gasteiger partial charge in [-0.1, -0.05) is 13.3 Å². The molecule has 0 saturated heterocycles. The number of benzene rings is 1. The molecule has 0 aliphatic carbocycles. The maximum Gasteiger partial charge on any atom is 0.411 e. The number of nitro groups is 1. The van der Waals surface area contributed by atoms with Crippen molar-refractivity contribution in [2.45, 2.75) is 19.8 Å². The number of carbonyl (C=O) groups is 2. The minimum Gasteiger partial charge on any atom is -0.449 e. The number of nitrogens with one attached hydrogen (secondary N) is 1. The number of hydrogen-bond acceptors (Lipinski definition) is 5. The number of rotatable bonds is 6. The molecule has 20 heavy (non-hydrogen) atoms. The van der Waals surface area contributed by atoms with E-state index < -0.39 is 22.5 Å². The summed E-state index contributed by atoms with van der Waals surface area (Å²) in [7, 11) is 0. The van der Waals surface area contributed by atoms with Crippen molar-refractivity contribution in [3.63, 3.8) is 0 Å². The molecule has 0 fully saturated rings. The molecule has 1 N–H and O–H groups in total. The van der Waals surface area contributed by atoms with Crippen LogP contribution in [-0.2, 0) is 4.74 Å². The Bertz CT molecular complexity index is 533. The van der Waals surface area contributed by atoms with Gasteiger partial charge in [0.2, 0.25) is 0 Å². The first-order valence-electron chi connectivity index (χ1n) is 5.86. The van der Waals surface area contributed by atoms with Crippen molar-refractivity contribution in [3.05, 3.63) is 33.6 Å². The van der Waals surface area contributed by atoms with Crippen molar-refractivity contribution in [1.82, 2.24) is 0 Å². The van der Waals surface area contributed by atoms with Gasteiger partial charge >= 0.3 is 6.09 Å². The SMILES string of the molecule is CCCCOC(=O)Nc1cc(C=O)c([N+](=O)[O-])cc1F. The zero-order chi connectivity index (χ0) is 15.1. The first kappa shape index (κ1) is 15.5. The maximum absolute atomic E-state index is 13.6. The van der Waals surface area contributed by atoms with E-state index in [0.717, 1.165) is 12.5 Å². The predicted octanol–water partition coefficient (Wildman–Crippen LogP) is 2.90. The smallest absolute Gasteiger partial charge is 0.411 e. The Morgan fingerprint density at radius 1 is 1.55 bits per heavy atom. The molecule has 0 saturated carbocycles. The lowest BCUT2D eigenvalue weighted by Crippen LogP contribution is -2.15. The van der Waals surface area contributed by atoms with Gasteiger partial charge in [-0.15, -0.1) is 0 Å². The fourth-order valence-electron chi connectivity index (χ4n) is 1.38. The first-order chi connectivity index (χ1) is 9.49. The molecule has 0 unspecified atom stereocenters. The van der Waals surface area contributed by atoms with Crippen molar-refractivity contribution in [2.75, 3.05) is 11.9 Å². The van der Waals surface area contributed by atoms with Gasteiger partial charge in [-0.3, -0.25) is 20.2 Å². The molecule has 8 heteroatoms. The summed E-state index contributed by atoms with van der Waals surface area (Å²) in [5.74, 6) is -1.02. The zero-order valence-corrected chi connectivity index (χ0v) is 10.7. The standard InChI is InChI=1S/C12H13FN2O5/c1-2-3-4-20-12(17)14-10-5-8(7-16)11(15(18)19)6-9(10)13/h5-7H,2-4H2,1H3,(H,14,17). The summed E-state index contributed by atoms with van der Waals surface area (Å²) in [4.78, 5) is 31.8. The number of halogens is 1. The number of anilines is 1. The summed E-state index contributed by atoms with van der Waals surface area (Å²) in [6.07, 6.45) is 0.818. The van der Waals surface area contributed by atoms with Crippen LogP contribution in [-0.4, -0.2) is 23.9 Å². The van der Waals surface area contributed by atoms with Crippen LogP contribution in [0, 0.1) is 15.9 Å². The average Bonchev–Trinajstić information content (AvgIpc) is 2.40. The van der Waals surface area contributed by atoms with E-state index >= 15 is 0 Å². The van der Waals surface area contributed by atoms with E-state index in [1.54, 1.807) is 0 Å². The number of nitrogens with zero attached hydrogens (tertiary/aromatic N) is 1. The Hall–Kier alpha value is -2.51. The maximum atomic E-state index is 13.6. The molecular weight excluding hydrogens is 271 g/mol. The summed E-state index contributed by atoms with van der Waals surface area (Å²) in [5.41, 5.74) is -1.35. The van der Waals surface area contributed by atoms with E-state index in [0.29, 0.717) is 12.5 Å². The monoisotopic (exact) mass is 284 g/mol. The number of hydrogen-bond donors (Lipinski definition) is 1. The van der Waals surface area contributed by atoms with Crippen LogP contribution >= 0.6 is 0 Å². The molecule has 0 aromatic heterocycles. The molecule has 0 aliphatic heterocycles. The van der Waals surface area contributed by atoms with Crippen LogP contribution in [0.1, 0.15) is 30.1 Å². The third kappa shape index (κ3) is 4.01.